The van der Waals surface area contributed by atoms with Crippen LogP contribution in [0.4, 0.5) is 8.78 Å². The summed E-state index contributed by atoms with van der Waals surface area (Å²) in [6.45, 7) is 4.08. The zero-order chi connectivity index (χ0) is 16.2. The van der Waals surface area contributed by atoms with Crippen molar-refractivity contribution in [3.05, 3.63) is 30.1 Å². The fourth-order valence-electron chi connectivity index (χ4n) is 2.54. The summed E-state index contributed by atoms with van der Waals surface area (Å²) in [6.07, 6.45) is 0.255. The molecule has 1 atom stereocenters. The Hall–Kier alpha value is -1.05. The third-order valence-electron chi connectivity index (χ3n) is 3.90. The lowest BCUT2D eigenvalue weighted by atomic mass is 10.2. The van der Waals surface area contributed by atoms with Crippen molar-refractivity contribution in [3.63, 3.8) is 0 Å². The molecular weight excluding hydrogens is 310 g/mol. The number of sulfonamides is 1. The van der Waals surface area contributed by atoms with Gasteiger partial charge < -0.3 is 0 Å². The highest BCUT2D eigenvalue weighted by Crippen LogP contribution is 2.18. The van der Waals surface area contributed by atoms with Gasteiger partial charge in [-0.3, -0.25) is 4.90 Å². The molecule has 0 spiro atoms. The lowest BCUT2D eigenvalue weighted by molar-refractivity contribution is 0.194. The Balaban J connectivity index is 2.05. The molecule has 1 aliphatic heterocycles. The number of rotatable bonds is 5. The standard InChI is InChI=1S/C15H22F2N2O2S/c1-2-13(16)12-18-8-3-9-19(11-10-18)22(20,21)15-6-4-14(17)5-7-15/h4-7,13H,2-3,8-12H2,1H3. The molecule has 7 heteroatoms. The highest BCUT2D eigenvalue weighted by atomic mass is 32.2. The van der Waals surface area contributed by atoms with Gasteiger partial charge in [-0.25, -0.2) is 17.2 Å². The Morgan fingerprint density at radius 3 is 2.45 bits per heavy atom. The summed E-state index contributed by atoms with van der Waals surface area (Å²) in [5.74, 6) is -0.463. The van der Waals surface area contributed by atoms with Crippen LogP contribution in [0.15, 0.2) is 29.2 Å². The van der Waals surface area contributed by atoms with E-state index >= 15 is 0 Å². The van der Waals surface area contributed by atoms with Crippen LogP contribution in [0.1, 0.15) is 19.8 Å². The molecule has 0 saturated carbocycles. The maximum absolute atomic E-state index is 13.5. The van der Waals surface area contributed by atoms with Crippen molar-refractivity contribution in [3.8, 4) is 0 Å². The topological polar surface area (TPSA) is 40.6 Å². The number of hydrogen-bond donors (Lipinski definition) is 0. The third kappa shape index (κ3) is 4.24. The Morgan fingerprint density at radius 2 is 1.82 bits per heavy atom. The Bertz CT molecular complexity index is 578. The van der Waals surface area contributed by atoms with Crippen LogP contribution < -0.4 is 0 Å². The molecule has 1 heterocycles. The number of alkyl halides is 1. The van der Waals surface area contributed by atoms with Crippen LogP contribution in [0.5, 0.6) is 0 Å². The van der Waals surface area contributed by atoms with Gasteiger partial charge in [0.1, 0.15) is 12.0 Å². The maximum atomic E-state index is 13.5. The monoisotopic (exact) mass is 332 g/mol. The van der Waals surface area contributed by atoms with Crippen LogP contribution >= 0.6 is 0 Å². The van der Waals surface area contributed by atoms with Crippen molar-refractivity contribution < 1.29 is 17.2 Å². The number of benzene rings is 1. The van der Waals surface area contributed by atoms with Crippen molar-refractivity contribution in [1.82, 2.24) is 9.21 Å². The summed E-state index contributed by atoms with van der Waals surface area (Å²) in [6, 6.07) is 4.85. The minimum Gasteiger partial charge on any atom is -0.299 e. The molecule has 1 saturated heterocycles. The molecule has 1 aliphatic rings. The fourth-order valence-corrected chi connectivity index (χ4v) is 4.00. The number of nitrogens with zero attached hydrogens (tertiary/aromatic N) is 2. The van der Waals surface area contributed by atoms with Gasteiger partial charge >= 0.3 is 0 Å². The van der Waals surface area contributed by atoms with Gasteiger partial charge in [0.05, 0.1) is 4.90 Å². The summed E-state index contributed by atoms with van der Waals surface area (Å²) in [4.78, 5) is 2.06. The van der Waals surface area contributed by atoms with E-state index in [1.165, 1.54) is 16.4 Å². The molecule has 1 aromatic rings. The lowest BCUT2D eigenvalue weighted by Gasteiger charge is -2.22. The second-order valence-electron chi connectivity index (χ2n) is 5.52. The minimum absolute atomic E-state index is 0.0966. The Morgan fingerprint density at radius 1 is 1.14 bits per heavy atom. The molecule has 0 amide bonds. The van der Waals surface area contributed by atoms with Crippen LogP contribution in [0.3, 0.4) is 0 Å². The van der Waals surface area contributed by atoms with Crippen molar-refractivity contribution in [2.75, 3.05) is 32.7 Å². The van der Waals surface area contributed by atoms with Gasteiger partial charge in [0, 0.05) is 26.2 Å². The van der Waals surface area contributed by atoms with Gasteiger partial charge in [-0.2, -0.15) is 4.31 Å². The summed E-state index contributed by atoms with van der Waals surface area (Å²) >= 11 is 0. The fraction of sp³-hybridized carbons (Fsp3) is 0.600. The van der Waals surface area contributed by atoms with Crippen LogP contribution in [0.25, 0.3) is 0 Å². The first-order chi connectivity index (χ1) is 10.4. The summed E-state index contributed by atoms with van der Waals surface area (Å²) < 4.78 is 52.9. The minimum atomic E-state index is -3.61. The SMILES string of the molecule is CCC(F)CN1CCCN(S(=O)(=O)c2ccc(F)cc2)CC1. The van der Waals surface area contributed by atoms with Crippen LogP contribution in [-0.4, -0.2) is 56.5 Å². The molecule has 2 rings (SSSR count). The van der Waals surface area contributed by atoms with Gasteiger partial charge in [-0.15, -0.1) is 0 Å². The largest absolute Gasteiger partial charge is 0.299 e. The van der Waals surface area contributed by atoms with E-state index in [1.807, 2.05) is 4.90 Å². The van der Waals surface area contributed by atoms with E-state index in [-0.39, 0.29) is 4.90 Å². The predicted molar refractivity (Wildman–Crippen MR) is 81.4 cm³/mol. The molecule has 22 heavy (non-hydrogen) atoms. The van der Waals surface area contributed by atoms with E-state index in [4.69, 9.17) is 0 Å². The third-order valence-corrected chi connectivity index (χ3v) is 5.81. The zero-order valence-electron chi connectivity index (χ0n) is 12.7. The average Bonchev–Trinajstić information content (AvgIpc) is 2.73. The Labute approximate surface area is 130 Å². The van der Waals surface area contributed by atoms with Gasteiger partial charge in [-0.05, 0) is 43.7 Å². The van der Waals surface area contributed by atoms with E-state index in [9.17, 15) is 17.2 Å². The molecule has 4 nitrogen and oxygen atoms in total. The van der Waals surface area contributed by atoms with Gasteiger partial charge in [0.15, 0.2) is 0 Å². The molecule has 0 N–H and O–H groups in total. The molecule has 1 unspecified atom stereocenters. The highest BCUT2D eigenvalue weighted by Gasteiger charge is 2.27. The summed E-state index contributed by atoms with van der Waals surface area (Å²) in [5.41, 5.74) is 0. The molecule has 1 fully saturated rings. The predicted octanol–water partition coefficient (Wildman–Crippen LogP) is 2.27. The van der Waals surface area contributed by atoms with E-state index in [0.29, 0.717) is 45.6 Å². The van der Waals surface area contributed by atoms with Crippen molar-refractivity contribution >= 4 is 10.0 Å². The molecular formula is C15H22F2N2O2S. The first-order valence-electron chi connectivity index (χ1n) is 7.55. The van der Waals surface area contributed by atoms with Crippen molar-refractivity contribution in [2.45, 2.75) is 30.8 Å². The maximum Gasteiger partial charge on any atom is 0.243 e. The summed E-state index contributed by atoms with van der Waals surface area (Å²) in [5, 5.41) is 0. The van der Waals surface area contributed by atoms with Gasteiger partial charge in [0.2, 0.25) is 10.0 Å². The first-order valence-corrected chi connectivity index (χ1v) is 8.99. The van der Waals surface area contributed by atoms with E-state index in [0.717, 1.165) is 12.1 Å². The van der Waals surface area contributed by atoms with Crippen molar-refractivity contribution in [2.24, 2.45) is 0 Å². The van der Waals surface area contributed by atoms with E-state index in [1.54, 1.807) is 6.92 Å². The van der Waals surface area contributed by atoms with Crippen LogP contribution in [0.2, 0.25) is 0 Å². The van der Waals surface area contributed by atoms with Crippen molar-refractivity contribution in [1.29, 1.82) is 0 Å². The highest BCUT2D eigenvalue weighted by molar-refractivity contribution is 7.89. The second kappa shape index (κ2) is 7.48. The first kappa shape index (κ1) is 17.3. The molecule has 1 aromatic carbocycles. The zero-order valence-corrected chi connectivity index (χ0v) is 13.5. The van der Waals surface area contributed by atoms with E-state index in [2.05, 4.69) is 0 Å². The normalized spacial score (nSPS) is 19.8. The van der Waals surface area contributed by atoms with Crippen LogP contribution in [0, 0.1) is 5.82 Å². The molecule has 124 valence electrons. The van der Waals surface area contributed by atoms with Crippen LogP contribution in [-0.2, 0) is 10.0 Å². The van der Waals surface area contributed by atoms with Gasteiger partial charge in [0.25, 0.3) is 0 Å². The average molecular weight is 332 g/mol. The molecule has 0 aromatic heterocycles. The smallest absolute Gasteiger partial charge is 0.243 e. The lowest BCUT2D eigenvalue weighted by Crippen LogP contribution is -2.36. The molecule has 0 bridgehead atoms. The van der Waals surface area contributed by atoms with Gasteiger partial charge in [-0.1, -0.05) is 6.92 Å². The molecule has 0 radical (unpaired) electrons. The quantitative estimate of drug-likeness (QED) is 0.830. The van der Waals surface area contributed by atoms with E-state index < -0.39 is 22.0 Å². The number of hydrogen-bond acceptors (Lipinski definition) is 3. The number of halogens is 2. The molecule has 0 aliphatic carbocycles. The Kier molecular flexibility index (Phi) is 5.88. The summed E-state index contributed by atoms with van der Waals surface area (Å²) in [7, 11) is -3.61. The second-order valence-corrected chi connectivity index (χ2v) is 7.46.